The Morgan fingerprint density at radius 2 is 1.65 bits per heavy atom. The lowest BCUT2D eigenvalue weighted by Gasteiger charge is -2.17. The summed E-state index contributed by atoms with van der Waals surface area (Å²) in [5, 5.41) is 4.94. The number of para-hydroxylation sites is 1. The van der Waals surface area contributed by atoms with Crippen LogP contribution in [0.25, 0.3) is 0 Å². The van der Waals surface area contributed by atoms with Gasteiger partial charge in [0.25, 0.3) is 5.91 Å². The third-order valence-electron chi connectivity index (χ3n) is 5.83. The van der Waals surface area contributed by atoms with E-state index in [2.05, 4.69) is 29.5 Å². The molecule has 1 aliphatic carbocycles. The molecule has 5 nitrogen and oxygen atoms in total. The van der Waals surface area contributed by atoms with Crippen LogP contribution in [0.3, 0.4) is 0 Å². The lowest BCUT2D eigenvalue weighted by molar-refractivity contribution is -0.143. The summed E-state index contributed by atoms with van der Waals surface area (Å²) in [7, 11) is 0. The van der Waals surface area contributed by atoms with E-state index in [0.717, 1.165) is 12.8 Å². The van der Waals surface area contributed by atoms with Crippen molar-refractivity contribution in [1.29, 1.82) is 0 Å². The number of fused-ring (bicyclic) bond motifs is 1. The molecule has 2 aromatic rings. The van der Waals surface area contributed by atoms with Gasteiger partial charge in [-0.3, -0.25) is 14.6 Å². The Morgan fingerprint density at radius 3 is 2.22 bits per heavy atom. The molecule has 4 rings (SSSR count). The largest absolute Gasteiger partial charge is 0.416 e. The molecule has 37 heavy (non-hydrogen) atoms. The minimum Gasteiger partial charge on any atom is -0.326 e. The Morgan fingerprint density at radius 1 is 1.00 bits per heavy atom. The molecule has 1 heterocycles. The summed E-state index contributed by atoms with van der Waals surface area (Å²) >= 11 is 0. The number of nitrogens with one attached hydrogen (secondary N) is 2. The number of amides is 2. The van der Waals surface area contributed by atoms with Crippen LogP contribution in [0.15, 0.2) is 47.5 Å². The summed E-state index contributed by atoms with van der Waals surface area (Å²) in [4.78, 5) is 29.5. The van der Waals surface area contributed by atoms with E-state index in [1.165, 1.54) is 12.8 Å². The molecule has 1 aliphatic heterocycles. The minimum absolute atomic E-state index is 0.0268. The van der Waals surface area contributed by atoms with Crippen molar-refractivity contribution in [2.24, 2.45) is 10.9 Å². The first-order chi connectivity index (χ1) is 17.3. The maximum atomic E-state index is 13.4. The SMILES string of the molecule is CCCC.O=C(Cc1ccc(C(F)(F)F)cc1C(F)(F)F)NC1N=C(C2CC2)c2ccccc2NC1=O. The van der Waals surface area contributed by atoms with E-state index >= 15 is 0 Å². The number of benzene rings is 2. The van der Waals surface area contributed by atoms with Gasteiger partial charge in [0, 0.05) is 17.2 Å². The molecule has 0 saturated heterocycles. The van der Waals surface area contributed by atoms with Gasteiger partial charge in [0.15, 0.2) is 0 Å². The second-order valence-electron chi connectivity index (χ2n) is 8.84. The first-order valence-electron chi connectivity index (χ1n) is 11.9. The van der Waals surface area contributed by atoms with Crippen LogP contribution in [-0.4, -0.2) is 23.7 Å². The third-order valence-corrected chi connectivity index (χ3v) is 5.83. The van der Waals surface area contributed by atoms with E-state index in [1.807, 2.05) is 0 Å². The molecule has 1 saturated carbocycles. The molecule has 2 N–H and O–H groups in total. The van der Waals surface area contributed by atoms with Crippen LogP contribution >= 0.6 is 0 Å². The van der Waals surface area contributed by atoms with Gasteiger partial charge in [0.2, 0.25) is 12.1 Å². The fourth-order valence-electron chi connectivity index (χ4n) is 3.61. The van der Waals surface area contributed by atoms with E-state index in [1.54, 1.807) is 24.3 Å². The Balaban J connectivity index is 0.000000886. The number of halogens is 6. The number of anilines is 1. The van der Waals surface area contributed by atoms with Crippen LogP contribution in [0.4, 0.5) is 32.0 Å². The highest BCUT2D eigenvalue weighted by atomic mass is 19.4. The second kappa shape index (κ2) is 11.4. The standard InChI is InChI=1S/C22H17F6N3O2.C4H10/c23-21(24,25)13-8-7-12(15(10-13)22(26,27)28)9-17(32)30-19-20(33)29-16-4-2-1-3-14(16)18(31-19)11-5-6-11;1-3-4-2/h1-4,7-8,10-11,19H,5-6,9H2,(H,29,33)(H,30,32);3-4H2,1-2H3. The van der Waals surface area contributed by atoms with Gasteiger partial charge in [-0.1, -0.05) is 51.0 Å². The molecule has 11 heteroatoms. The van der Waals surface area contributed by atoms with Crippen molar-refractivity contribution in [2.45, 2.75) is 64.5 Å². The lowest BCUT2D eigenvalue weighted by Crippen LogP contribution is -2.43. The summed E-state index contributed by atoms with van der Waals surface area (Å²) in [6.07, 6.45) is -8.00. The molecule has 200 valence electrons. The zero-order valence-electron chi connectivity index (χ0n) is 20.3. The molecular weight excluding hydrogens is 500 g/mol. The minimum atomic E-state index is -5.10. The number of hydrogen-bond acceptors (Lipinski definition) is 3. The molecule has 0 aromatic heterocycles. The Bertz CT molecular complexity index is 1170. The second-order valence-corrected chi connectivity index (χ2v) is 8.84. The fraction of sp³-hybridized carbons (Fsp3) is 0.423. The molecular formula is C26H27F6N3O2. The van der Waals surface area contributed by atoms with Gasteiger partial charge in [0.1, 0.15) is 0 Å². The molecule has 0 bridgehead atoms. The number of carbonyl (C=O) groups excluding carboxylic acids is 2. The first kappa shape index (κ1) is 28.2. The lowest BCUT2D eigenvalue weighted by atomic mass is 10.00. The number of rotatable bonds is 5. The molecule has 0 spiro atoms. The number of aliphatic imine (C=N–C) groups is 1. The molecule has 0 radical (unpaired) electrons. The molecule has 1 unspecified atom stereocenters. The van der Waals surface area contributed by atoms with Crippen LogP contribution < -0.4 is 10.6 Å². The number of hydrogen-bond donors (Lipinski definition) is 2. The number of carbonyl (C=O) groups is 2. The highest BCUT2D eigenvalue weighted by Gasteiger charge is 2.39. The van der Waals surface area contributed by atoms with Crippen molar-refractivity contribution in [3.05, 3.63) is 64.7 Å². The van der Waals surface area contributed by atoms with E-state index < -0.39 is 53.4 Å². The zero-order valence-corrected chi connectivity index (χ0v) is 20.3. The smallest absolute Gasteiger partial charge is 0.326 e. The topological polar surface area (TPSA) is 70.6 Å². The van der Waals surface area contributed by atoms with Gasteiger partial charge in [-0.05, 0) is 36.6 Å². The number of benzodiazepines with no additional fused rings is 1. The predicted molar refractivity (Wildman–Crippen MR) is 127 cm³/mol. The van der Waals surface area contributed by atoms with Crippen molar-refractivity contribution in [2.75, 3.05) is 5.32 Å². The van der Waals surface area contributed by atoms with Crippen LogP contribution in [0.1, 0.15) is 61.8 Å². The van der Waals surface area contributed by atoms with Crippen LogP contribution in [-0.2, 0) is 28.4 Å². The van der Waals surface area contributed by atoms with E-state index in [9.17, 15) is 35.9 Å². The molecule has 2 aromatic carbocycles. The van der Waals surface area contributed by atoms with Gasteiger partial charge < -0.3 is 10.6 Å². The van der Waals surface area contributed by atoms with E-state index in [0.29, 0.717) is 29.1 Å². The van der Waals surface area contributed by atoms with Crippen molar-refractivity contribution in [1.82, 2.24) is 5.32 Å². The molecule has 2 aliphatic rings. The summed E-state index contributed by atoms with van der Waals surface area (Å²) in [6, 6.07) is 8.00. The monoisotopic (exact) mass is 527 g/mol. The average molecular weight is 528 g/mol. The summed E-state index contributed by atoms with van der Waals surface area (Å²) in [6.45, 7) is 4.36. The Hall–Kier alpha value is -3.37. The van der Waals surface area contributed by atoms with Gasteiger partial charge in [-0.25, -0.2) is 0 Å². The van der Waals surface area contributed by atoms with Gasteiger partial charge in [0.05, 0.1) is 23.3 Å². The van der Waals surface area contributed by atoms with Crippen molar-refractivity contribution in [3.8, 4) is 0 Å². The summed E-state index contributed by atoms with van der Waals surface area (Å²) in [5.74, 6) is -1.55. The van der Waals surface area contributed by atoms with E-state index in [4.69, 9.17) is 0 Å². The third kappa shape index (κ3) is 7.33. The Labute approximate surface area is 210 Å². The highest BCUT2D eigenvalue weighted by Crippen LogP contribution is 2.38. The number of nitrogens with zero attached hydrogens (tertiary/aromatic N) is 1. The van der Waals surface area contributed by atoms with Gasteiger partial charge >= 0.3 is 12.4 Å². The van der Waals surface area contributed by atoms with Crippen LogP contribution in [0.5, 0.6) is 0 Å². The maximum Gasteiger partial charge on any atom is 0.416 e. The number of unbranched alkanes of at least 4 members (excludes halogenated alkanes) is 1. The molecule has 1 fully saturated rings. The summed E-state index contributed by atoms with van der Waals surface area (Å²) < 4.78 is 78.6. The summed E-state index contributed by atoms with van der Waals surface area (Å²) in [5.41, 5.74) is -1.86. The first-order valence-corrected chi connectivity index (χ1v) is 11.9. The quantitative estimate of drug-likeness (QED) is 0.444. The zero-order chi connectivity index (χ0) is 27.4. The maximum absolute atomic E-state index is 13.4. The van der Waals surface area contributed by atoms with Crippen LogP contribution in [0.2, 0.25) is 0 Å². The van der Waals surface area contributed by atoms with Crippen LogP contribution in [0, 0.1) is 5.92 Å². The normalized spacial score (nSPS) is 17.5. The van der Waals surface area contributed by atoms with Gasteiger partial charge in [-0.2, -0.15) is 26.3 Å². The fourth-order valence-corrected chi connectivity index (χ4v) is 3.61. The van der Waals surface area contributed by atoms with Gasteiger partial charge in [-0.15, -0.1) is 0 Å². The van der Waals surface area contributed by atoms with Crippen molar-refractivity contribution >= 4 is 23.2 Å². The van der Waals surface area contributed by atoms with Crippen molar-refractivity contribution < 1.29 is 35.9 Å². The van der Waals surface area contributed by atoms with E-state index in [-0.39, 0.29) is 12.0 Å². The van der Waals surface area contributed by atoms with Crippen molar-refractivity contribution in [3.63, 3.8) is 0 Å². The molecule has 2 amide bonds. The predicted octanol–water partition coefficient (Wildman–Crippen LogP) is 6.37. The highest BCUT2D eigenvalue weighted by molar-refractivity contribution is 6.13. The Kier molecular flexibility index (Phi) is 8.65. The number of alkyl halides is 6. The average Bonchev–Trinajstić information content (AvgIpc) is 3.67. The molecule has 1 atom stereocenters.